The van der Waals surface area contributed by atoms with E-state index in [2.05, 4.69) is 6.07 Å². The van der Waals surface area contributed by atoms with Gasteiger partial charge in [-0.15, -0.1) is 0 Å². The molecule has 1 heterocycles. The van der Waals surface area contributed by atoms with E-state index in [1.165, 1.54) is 0 Å². The lowest BCUT2D eigenvalue weighted by atomic mass is 9.99. The van der Waals surface area contributed by atoms with Crippen molar-refractivity contribution in [1.82, 2.24) is 0 Å². The zero-order chi connectivity index (χ0) is 11.7. The minimum absolute atomic E-state index is 0.130. The zero-order valence-electron chi connectivity index (χ0n) is 9.70. The molecular weight excluding hydrogens is 216 g/mol. The Kier molecular flexibility index (Phi) is 2.92. The first-order valence-corrected chi connectivity index (χ1v) is 6.18. The van der Waals surface area contributed by atoms with E-state index in [9.17, 15) is 4.79 Å². The van der Waals surface area contributed by atoms with Gasteiger partial charge in [-0.25, -0.2) is 0 Å². The van der Waals surface area contributed by atoms with E-state index >= 15 is 0 Å². The van der Waals surface area contributed by atoms with Crippen LogP contribution in [0.3, 0.4) is 0 Å². The number of hydrogen-bond acceptors (Lipinski definition) is 2. The maximum absolute atomic E-state index is 12.2. The Labute approximate surface area is 99.8 Å². The molecule has 0 radical (unpaired) electrons. The molecule has 0 saturated carbocycles. The van der Waals surface area contributed by atoms with Crippen molar-refractivity contribution in [3.8, 4) is 0 Å². The number of thiophene rings is 1. The highest BCUT2D eigenvalue weighted by molar-refractivity contribution is 7.08. The van der Waals surface area contributed by atoms with Gasteiger partial charge in [-0.05, 0) is 43.8 Å². The summed E-state index contributed by atoms with van der Waals surface area (Å²) in [4.78, 5) is 12.2. The van der Waals surface area contributed by atoms with Crippen molar-refractivity contribution < 1.29 is 4.79 Å². The minimum atomic E-state index is 0.130. The van der Waals surface area contributed by atoms with E-state index in [0.29, 0.717) is 0 Å². The summed E-state index contributed by atoms with van der Waals surface area (Å²) in [6.45, 7) is 6.01. The Morgan fingerprint density at radius 2 is 1.62 bits per heavy atom. The number of carbonyl (C=O) groups excluding carboxylic acids is 1. The van der Waals surface area contributed by atoms with Crippen LogP contribution in [0.5, 0.6) is 0 Å². The third-order valence-electron chi connectivity index (χ3n) is 2.58. The summed E-state index contributed by atoms with van der Waals surface area (Å²) in [6.07, 6.45) is 0. The van der Waals surface area contributed by atoms with Crippen molar-refractivity contribution in [2.75, 3.05) is 0 Å². The quantitative estimate of drug-likeness (QED) is 0.715. The summed E-state index contributed by atoms with van der Waals surface area (Å²) in [5, 5.41) is 3.94. The summed E-state index contributed by atoms with van der Waals surface area (Å²) in [5.41, 5.74) is 4.95. The molecule has 1 aromatic heterocycles. The van der Waals surface area contributed by atoms with Crippen molar-refractivity contribution in [3.05, 3.63) is 56.8 Å². The lowest BCUT2D eigenvalue weighted by molar-refractivity contribution is 0.103. The first-order chi connectivity index (χ1) is 7.58. The zero-order valence-corrected chi connectivity index (χ0v) is 10.5. The first kappa shape index (κ1) is 11.1. The van der Waals surface area contributed by atoms with Gasteiger partial charge < -0.3 is 0 Å². The van der Waals surface area contributed by atoms with Crippen LogP contribution in [0.4, 0.5) is 0 Å². The summed E-state index contributed by atoms with van der Waals surface area (Å²) >= 11 is 1.58. The highest BCUT2D eigenvalue weighted by atomic mass is 32.1. The molecule has 82 valence electrons. The molecule has 0 aliphatic rings. The lowest BCUT2D eigenvalue weighted by Crippen LogP contribution is -2.02. The van der Waals surface area contributed by atoms with Crippen LogP contribution in [-0.4, -0.2) is 5.78 Å². The Bertz CT molecular complexity index is 517. The van der Waals surface area contributed by atoms with Crippen LogP contribution >= 0.6 is 11.3 Å². The first-order valence-electron chi connectivity index (χ1n) is 5.23. The number of carbonyl (C=O) groups is 1. The molecule has 0 aliphatic carbocycles. The highest BCUT2D eigenvalue weighted by Crippen LogP contribution is 2.19. The Balaban J connectivity index is 2.45. The molecule has 2 heteroatoms. The molecule has 0 atom stereocenters. The van der Waals surface area contributed by atoms with Gasteiger partial charge in [0.2, 0.25) is 0 Å². The molecule has 1 nitrogen and oxygen atoms in total. The summed E-state index contributed by atoms with van der Waals surface area (Å²) in [5.74, 6) is 0.130. The molecule has 2 rings (SSSR count). The summed E-state index contributed by atoms with van der Waals surface area (Å²) < 4.78 is 0. The molecule has 0 unspecified atom stereocenters. The number of rotatable bonds is 2. The van der Waals surface area contributed by atoms with Crippen LogP contribution in [0, 0.1) is 20.8 Å². The van der Waals surface area contributed by atoms with Crippen molar-refractivity contribution in [2.45, 2.75) is 20.8 Å². The standard InChI is InChI=1S/C14H14OS/c1-9-4-10(2)6-12(5-9)14(15)13-8-16-7-11(13)3/h4-8H,1-3H3. The third-order valence-corrected chi connectivity index (χ3v) is 3.45. The van der Waals surface area contributed by atoms with Crippen molar-refractivity contribution >= 4 is 17.1 Å². The van der Waals surface area contributed by atoms with Crippen LogP contribution < -0.4 is 0 Å². The Morgan fingerprint density at radius 1 is 1.00 bits per heavy atom. The van der Waals surface area contributed by atoms with Gasteiger partial charge in [0.25, 0.3) is 0 Å². The average molecular weight is 230 g/mol. The molecule has 0 aliphatic heterocycles. The van der Waals surface area contributed by atoms with Gasteiger partial charge >= 0.3 is 0 Å². The second-order valence-electron chi connectivity index (χ2n) is 4.17. The largest absolute Gasteiger partial charge is 0.289 e. The van der Waals surface area contributed by atoms with Crippen molar-refractivity contribution in [2.24, 2.45) is 0 Å². The number of benzene rings is 1. The van der Waals surface area contributed by atoms with Crippen molar-refractivity contribution in [1.29, 1.82) is 0 Å². The third kappa shape index (κ3) is 2.07. The molecule has 1 aromatic carbocycles. The van der Waals surface area contributed by atoms with E-state index in [-0.39, 0.29) is 5.78 Å². The van der Waals surface area contributed by atoms with E-state index in [1.807, 2.05) is 43.7 Å². The normalized spacial score (nSPS) is 10.4. The van der Waals surface area contributed by atoms with Gasteiger partial charge in [0.05, 0.1) is 0 Å². The summed E-state index contributed by atoms with van der Waals surface area (Å²) in [7, 11) is 0. The van der Waals surface area contributed by atoms with Gasteiger partial charge in [-0.1, -0.05) is 17.2 Å². The van der Waals surface area contributed by atoms with Gasteiger partial charge in [0.15, 0.2) is 5.78 Å². The summed E-state index contributed by atoms with van der Waals surface area (Å²) in [6, 6.07) is 5.98. The SMILES string of the molecule is Cc1cc(C)cc(C(=O)c2cscc2C)c1. The smallest absolute Gasteiger partial charge is 0.194 e. The predicted molar refractivity (Wildman–Crippen MR) is 68.4 cm³/mol. The van der Waals surface area contributed by atoms with Crippen LogP contribution in [0.2, 0.25) is 0 Å². The lowest BCUT2D eigenvalue weighted by Gasteiger charge is -2.04. The average Bonchev–Trinajstić information content (AvgIpc) is 2.62. The molecule has 0 spiro atoms. The van der Waals surface area contributed by atoms with E-state index < -0.39 is 0 Å². The topological polar surface area (TPSA) is 17.1 Å². The maximum Gasteiger partial charge on any atom is 0.194 e. The molecule has 0 saturated heterocycles. The Hall–Kier alpha value is -1.41. The van der Waals surface area contributed by atoms with Gasteiger partial charge in [0.1, 0.15) is 0 Å². The van der Waals surface area contributed by atoms with Crippen molar-refractivity contribution in [3.63, 3.8) is 0 Å². The van der Waals surface area contributed by atoms with Gasteiger partial charge in [-0.2, -0.15) is 11.3 Å². The molecular formula is C14H14OS. The minimum Gasteiger partial charge on any atom is -0.289 e. The van der Waals surface area contributed by atoms with Crippen LogP contribution in [0.1, 0.15) is 32.6 Å². The fourth-order valence-electron chi connectivity index (χ4n) is 1.85. The van der Waals surface area contributed by atoms with E-state index in [1.54, 1.807) is 11.3 Å². The second-order valence-corrected chi connectivity index (χ2v) is 4.92. The van der Waals surface area contributed by atoms with Gasteiger partial charge in [0, 0.05) is 16.5 Å². The molecule has 0 N–H and O–H groups in total. The number of ketones is 1. The molecule has 0 amide bonds. The van der Waals surface area contributed by atoms with Crippen LogP contribution in [-0.2, 0) is 0 Å². The number of hydrogen-bond donors (Lipinski definition) is 0. The highest BCUT2D eigenvalue weighted by Gasteiger charge is 2.12. The fraction of sp³-hybridized carbons (Fsp3) is 0.214. The van der Waals surface area contributed by atoms with Crippen LogP contribution in [0.15, 0.2) is 29.0 Å². The molecule has 0 fully saturated rings. The fourth-order valence-corrected chi connectivity index (χ4v) is 2.68. The monoisotopic (exact) mass is 230 g/mol. The van der Waals surface area contributed by atoms with Crippen LogP contribution in [0.25, 0.3) is 0 Å². The molecule has 2 aromatic rings. The van der Waals surface area contributed by atoms with E-state index in [4.69, 9.17) is 0 Å². The molecule has 16 heavy (non-hydrogen) atoms. The van der Waals surface area contributed by atoms with Gasteiger partial charge in [-0.3, -0.25) is 4.79 Å². The predicted octanol–water partition coefficient (Wildman–Crippen LogP) is 3.90. The van der Waals surface area contributed by atoms with E-state index in [0.717, 1.165) is 27.8 Å². The number of aryl methyl sites for hydroxylation is 3. The maximum atomic E-state index is 12.2. The molecule has 0 bridgehead atoms. The second kappa shape index (κ2) is 4.22. The Morgan fingerprint density at radius 3 is 2.12 bits per heavy atom.